The maximum Gasteiger partial charge on any atom is 0.417 e. The van der Waals surface area contributed by atoms with Gasteiger partial charge in [-0.3, -0.25) is 0 Å². The van der Waals surface area contributed by atoms with Gasteiger partial charge in [0, 0.05) is 12.8 Å². The summed E-state index contributed by atoms with van der Waals surface area (Å²) in [6, 6.07) is 0. The summed E-state index contributed by atoms with van der Waals surface area (Å²) < 4.78 is 47.3. The zero-order valence-corrected chi connectivity index (χ0v) is 12.1. The van der Waals surface area contributed by atoms with Crippen molar-refractivity contribution in [2.24, 2.45) is 0 Å². The summed E-state index contributed by atoms with van der Waals surface area (Å²) in [4.78, 5) is 23.3. The average Bonchev–Trinajstić information content (AvgIpc) is 2.20. The molecule has 6 nitrogen and oxygen atoms in total. The Hall–Kier alpha value is -1.51. The predicted molar refractivity (Wildman–Crippen MR) is 64.4 cm³/mol. The average molecular weight is 313 g/mol. The van der Waals surface area contributed by atoms with Crippen LogP contribution in [0.25, 0.3) is 0 Å². The van der Waals surface area contributed by atoms with Crippen LogP contribution in [-0.2, 0) is 14.3 Å². The van der Waals surface area contributed by atoms with Gasteiger partial charge in [0.15, 0.2) is 5.60 Å². The van der Waals surface area contributed by atoms with Gasteiger partial charge in [-0.1, -0.05) is 0 Å². The molecule has 0 radical (unpaired) electrons. The minimum atomic E-state index is -4.90. The van der Waals surface area contributed by atoms with Crippen molar-refractivity contribution in [2.45, 2.75) is 56.5 Å². The standard InChI is InChI=1S/C12H18F3NO5/c1-9(2,3)21-8(18)16-10(7(17)20-4)5-11(19,6-10)12(13,14)15/h19H,5-6H2,1-4H3,(H,16,18). The number of rotatable bonds is 2. The Morgan fingerprint density at radius 1 is 1.19 bits per heavy atom. The highest BCUT2D eigenvalue weighted by Gasteiger charge is 2.71. The van der Waals surface area contributed by atoms with Gasteiger partial charge in [-0.05, 0) is 20.8 Å². The highest BCUT2D eigenvalue weighted by Crippen LogP contribution is 2.51. The van der Waals surface area contributed by atoms with Crippen molar-refractivity contribution in [3.8, 4) is 0 Å². The van der Waals surface area contributed by atoms with Crippen LogP contribution in [0.15, 0.2) is 0 Å². The van der Waals surface area contributed by atoms with Crippen molar-refractivity contribution < 1.29 is 37.3 Å². The molecule has 0 aromatic heterocycles. The smallest absolute Gasteiger partial charge is 0.417 e. The number of carbonyl (C=O) groups is 2. The van der Waals surface area contributed by atoms with Crippen LogP contribution < -0.4 is 5.32 Å². The van der Waals surface area contributed by atoms with Crippen LogP contribution in [0.4, 0.5) is 18.0 Å². The van der Waals surface area contributed by atoms with Crippen LogP contribution in [0.5, 0.6) is 0 Å². The van der Waals surface area contributed by atoms with E-state index in [2.05, 4.69) is 10.1 Å². The van der Waals surface area contributed by atoms with Gasteiger partial charge in [0.2, 0.25) is 0 Å². The fourth-order valence-electron chi connectivity index (χ4n) is 2.13. The molecule has 21 heavy (non-hydrogen) atoms. The Morgan fingerprint density at radius 2 is 1.67 bits per heavy atom. The van der Waals surface area contributed by atoms with E-state index in [1.54, 1.807) is 20.8 Å². The minimum absolute atomic E-state index is 0.883. The third-order valence-corrected chi connectivity index (χ3v) is 3.03. The maximum absolute atomic E-state index is 12.7. The van der Waals surface area contributed by atoms with Gasteiger partial charge < -0.3 is 19.9 Å². The van der Waals surface area contributed by atoms with Gasteiger partial charge in [-0.2, -0.15) is 13.2 Å². The molecule has 0 aromatic carbocycles. The summed E-state index contributed by atoms with van der Waals surface area (Å²) >= 11 is 0. The third-order valence-electron chi connectivity index (χ3n) is 3.03. The van der Waals surface area contributed by atoms with Crippen molar-refractivity contribution in [1.29, 1.82) is 0 Å². The molecule has 122 valence electrons. The molecule has 1 saturated carbocycles. The largest absolute Gasteiger partial charge is 0.467 e. The predicted octanol–water partition coefficient (Wildman–Crippen LogP) is 1.51. The van der Waals surface area contributed by atoms with Gasteiger partial charge >= 0.3 is 18.2 Å². The molecule has 0 spiro atoms. The normalized spacial score (nSPS) is 29.3. The Morgan fingerprint density at radius 3 is 2.00 bits per heavy atom. The molecule has 0 saturated heterocycles. The quantitative estimate of drug-likeness (QED) is 0.755. The van der Waals surface area contributed by atoms with E-state index < -0.39 is 47.8 Å². The number of halogens is 3. The first-order valence-electron chi connectivity index (χ1n) is 6.13. The molecule has 1 rings (SSSR count). The van der Waals surface area contributed by atoms with Gasteiger partial charge in [0.1, 0.15) is 11.1 Å². The molecule has 9 heteroatoms. The molecule has 1 aliphatic carbocycles. The molecule has 2 N–H and O–H groups in total. The van der Waals surface area contributed by atoms with Crippen LogP contribution in [-0.4, -0.2) is 47.2 Å². The number of hydrogen-bond donors (Lipinski definition) is 2. The van der Waals surface area contributed by atoms with Crippen molar-refractivity contribution >= 4 is 12.1 Å². The van der Waals surface area contributed by atoms with E-state index >= 15 is 0 Å². The number of aliphatic hydroxyl groups is 1. The monoisotopic (exact) mass is 313 g/mol. The first-order valence-corrected chi connectivity index (χ1v) is 6.13. The molecule has 0 bridgehead atoms. The second kappa shape index (κ2) is 5.04. The van der Waals surface area contributed by atoms with Crippen LogP contribution >= 0.6 is 0 Å². The fraction of sp³-hybridized carbons (Fsp3) is 0.833. The van der Waals surface area contributed by atoms with Crippen LogP contribution in [0.1, 0.15) is 33.6 Å². The van der Waals surface area contributed by atoms with Gasteiger partial charge in [0.25, 0.3) is 0 Å². The molecule has 1 fully saturated rings. The molecular formula is C12H18F3NO5. The highest BCUT2D eigenvalue weighted by atomic mass is 19.4. The maximum atomic E-state index is 12.7. The lowest BCUT2D eigenvalue weighted by molar-refractivity contribution is -0.303. The second-order valence-electron chi connectivity index (χ2n) is 6.08. The Bertz CT molecular complexity index is 435. The SMILES string of the molecule is COC(=O)C1(NC(=O)OC(C)(C)C)CC(O)(C(F)(F)F)C1. The first kappa shape index (κ1) is 17.5. The van der Waals surface area contributed by atoms with Crippen molar-refractivity contribution in [3.63, 3.8) is 0 Å². The number of ether oxygens (including phenoxy) is 2. The topological polar surface area (TPSA) is 84.9 Å². The van der Waals surface area contributed by atoms with Crippen LogP contribution in [0, 0.1) is 0 Å². The summed E-state index contributed by atoms with van der Waals surface area (Å²) in [5, 5.41) is 11.5. The molecule has 1 amide bonds. The number of methoxy groups -OCH3 is 1. The van der Waals surface area contributed by atoms with Crippen molar-refractivity contribution in [3.05, 3.63) is 0 Å². The number of nitrogens with one attached hydrogen (secondary N) is 1. The number of hydrogen-bond acceptors (Lipinski definition) is 5. The first-order chi connectivity index (χ1) is 9.25. The van der Waals surface area contributed by atoms with E-state index in [9.17, 15) is 27.9 Å². The minimum Gasteiger partial charge on any atom is -0.467 e. The Balaban J connectivity index is 2.87. The highest BCUT2D eigenvalue weighted by molar-refractivity contribution is 5.87. The second-order valence-corrected chi connectivity index (χ2v) is 6.08. The molecule has 0 heterocycles. The van der Waals surface area contributed by atoms with Crippen molar-refractivity contribution in [2.75, 3.05) is 7.11 Å². The summed E-state index contributed by atoms with van der Waals surface area (Å²) in [5.41, 5.74) is -5.86. The molecule has 0 atom stereocenters. The lowest BCUT2D eigenvalue weighted by atomic mass is 9.64. The summed E-state index contributed by atoms with van der Waals surface area (Å²) in [6.45, 7) is 4.68. The number of alkyl halides is 3. The van der Waals surface area contributed by atoms with Gasteiger partial charge in [-0.25, -0.2) is 9.59 Å². The molecule has 0 unspecified atom stereocenters. The van der Waals surface area contributed by atoms with E-state index in [1.165, 1.54) is 0 Å². The third kappa shape index (κ3) is 3.58. The molecule has 0 aliphatic heterocycles. The number of amides is 1. The van der Waals surface area contributed by atoms with Crippen molar-refractivity contribution in [1.82, 2.24) is 5.32 Å². The molecular weight excluding hydrogens is 295 g/mol. The molecule has 0 aromatic rings. The lowest BCUT2D eigenvalue weighted by Crippen LogP contribution is -2.73. The number of alkyl carbamates (subject to hydrolysis) is 1. The Labute approximate surface area is 119 Å². The zero-order valence-electron chi connectivity index (χ0n) is 12.1. The summed E-state index contributed by atoms with van der Waals surface area (Å²) in [6.07, 6.45) is -8.00. The van der Waals surface area contributed by atoms with E-state index in [1.807, 2.05) is 0 Å². The van der Waals surface area contributed by atoms with E-state index in [-0.39, 0.29) is 0 Å². The van der Waals surface area contributed by atoms with Gasteiger partial charge in [0.05, 0.1) is 7.11 Å². The zero-order chi connectivity index (χ0) is 16.7. The van der Waals surface area contributed by atoms with E-state index in [0.717, 1.165) is 7.11 Å². The Kier molecular flexibility index (Phi) is 4.21. The summed E-state index contributed by atoms with van der Waals surface area (Å²) in [5.74, 6) is -1.07. The lowest BCUT2D eigenvalue weighted by Gasteiger charge is -2.51. The van der Waals surface area contributed by atoms with E-state index in [4.69, 9.17) is 4.74 Å². The van der Waals surface area contributed by atoms with Crippen LogP contribution in [0.2, 0.25) is 0 Å². The fourth-order valence-corrected chi connectivity index (χ4v) is 2.13. The molecule has 1 aliphatic rings. The van der Waals surface area contributed by atoms with Crippen LogP contribution in [0.3, 0.4) is 0 Å². The number of carbonyl (C=O) groups excluding carboxylic acids is 2. The van der Waals surface area contributed by atoms with E-state index in [0.29, 0.717) is 0 Å². The van der Waals surface area contributed by atoms with Gasteiger partial charge in [-0.15, -0.1) is 0 Å². The number of esters is 1. The summed E-state index contributed by atoms with van der Waals surface area (Å²) in [7, 11) is 0.978.